The zero-order valence-corrected chi connectivity index (χ0v) is 12.3. The van der Waals surface area contributed by atoms with E-state index in [9.17, 15) is 9.59 Å². The van der Waals surface area contributed by atoms with Gasteiger partial charge in [0.2, 0.25) is 0 Å². The summed E-state index contributed by atoms with van der Waals surface area (Å²) < 4.78 is 5.79. The lowest BCUT2D eigenvalue weighted by atomic mass is 9.73. The minimum atomic E-state index is -0.723. The van der Waals surface area contributed by atoms with E-state index in [1.165, 1.54) is 0 Å². The van der Waals surface area contributed by atoms with E-state index in [1.54, 1.807) is 0 Å². The molecule has 4 unspecified atom stereocenters. The van der Waals surface area contributed by atoms with E-state index in [0.29, 0.717) is 12.8 Å². The molecule has 1 saturated carbocycles. The Kier molecular flexibility index (Phi) is 3.03. The van der Waals surface area contributed by atoms with Gasteiger partial charge in [-0.05, 0) is 30.4 Å². The van der Waals surface area contributed by atoms with Crippen LogP contribution >= 0.6 is 0 Å². The molecule has 112 valence electrons. The van der Waals surface area contributed by atoms with Crippen molar-refractivity contribution in [2.24, 2.45) is 17.8 Å². The van der Waals surface area contributed by atoms with Gasteiger partial charge in [-0.15, -0.1) is 0 Å². The number of allylic oxidation sites excluding steroid dienone is 2. The molecular formula is C19H18O3. The van der Waals surface area contributed by atoms with Gasteiger partial charge in [-0.2, -0.15) is 0 Å². The van der Waals surface area contributed by atoms with Crippen LogP contribution in [0.1, 0.15) is 18.4 Å². The lowest BCUT2D eigenvalue weighted by Gasteiger charge is -2.37. The Morgan fingerprint density at radius 1 is 1.18 bits per heavy atom. The molecule has 1 aromatic carbocycles. The third kappa shape index (κ3) is 2.04. The van der Waals surface area contributed by atoms with Crippen molar-refractivity contribution in [3.63, 3.8) is 0 Å². The highest BCUT2D eigenvalue weighted by atomic mass is 16.6. The number of carbonyl (C=O) groups excluding carboxylic acids is 2. The average molecular weight is 294 g/mol. The largest absolute Gasteiger partial charge is 0.454 e. The summed E-state index contributed by atoms with van der Waals surface area (Å²) >= 11 is 0. The Balaban J connectivity index is 1.44. The first-order valence-electron chi connectivity index (χ1n) is 7.85. The maximum atomic E-state index is 12.3. The minimum Gasteiger partial charge on any atom is -0.454 e. The van der Waals surface area contributed by atoms with E-state index in [-0.39, 0.29) is 29.5 Å². The third-order valence-electron chi connectivity index (χ3n) is 5.08. The number of ketones is 1. The number of fused-ring (bicyclic) bond motifs is 6. The molecule has 4 atom stereocenters. The number of rotatable bonds is 4. The number of hydrogen-bond donors (Lipinski definition) is 0. The monoisotopic (exact) mass is 294 g/mol. The zero-order chi connectivity index (χ0) is 15.2. The molecule has 0 aromatic heterocycles. The van der Waals surface area contributed by atoms with Crippen LogP contribution in [0.2, 0.25) is 0 Å². The van der Waals surface area contributed by atoms with Crippen LogP contribution in [0.15, 0.2) is 54.6 Å². The molecule has 0 radical (unpaired) electrons. The van der Waals surface area contributed by atoms with E-state index >= 15 is 0 Å². The maximum Gasteiger partial charge on any atom is 0.307 e. The number of hydrogen-bond acceptors (Lipinski definition) is 3. The van der Waals surface area contributed by atoms with Gasteiger partial charge in [0, 0.05) is 12.3 Å². The van der Waals surface area contributed by atoms with Crippen LogP contribution < -0.4 is 0 Å². The molecular weight excluding hydrogens is 276 g/mol. The van der Waals surface area contributed by atoms with Gasteiger partial charge in [-0.1, -0.05) is 48.6 Å². The number of carbonyl (C=O) groups is 2. The summed E-state index contributed by atoms with van der Waals surface area (Å²) in [4.78, 5) is 24.6. The van der Waals surface area contributed by atoms with Crippen LogP contribution in [0.3, 0.4) is 0 Å². The van der Waals surface area contributed by atoms with Crippen molar-refractivity contribution in [3.05, 3.63) is 60.2 Å². The summed E-state index contributed by atoms with van der Waals surface area (Å²) in [7, 11) is 0. The lowest BCUT2D eigenvalue weighted by Crippen LogP contribution is -2.47. The molecule has 3 aliphatic rings. The first-order valence-corrected chi connectivity index (χ1v) is 7.85. The predicted molar refractivity (Wildman–Crippen MR) is 82.0 cm³/mol. The van der Waals surface area contributed by atoms with E-state index in [4.69, 9.17) is 4.74 Å². The SMILES string of the molecule is O=C(CCc1ccccc1)OC12C=CC(C1)C1C=CC2C1=O. The normalized spacial score (nSPS) is 34.2. The van der Waals surface area contributed by atoms with Crippen LogP contribution in [0.5, 0.6) is 0 Å². The number of ether oxygens (including phenoxy) is 1. The van der Waals surface area contributed by atoms with Gasteiger partial charge in [0.1, 0.15) is 5.60 Å². The highest BCUT2D eigenvalue weighted by molar-refractivity contribution is 5.93. The average Bonchev–Trinajstić information content (AvgIpc) is 3.03. The quantitative estimate of drug-likeness (QED) is 0.633. The molecule has 3 heteroatoms. The molecule has 3 aliphatic carbocycles. The Hall–Kier alpha value is -2.16. The highest BCUT2D eigenvalue weighted by Crippen LogP contribution is 2.51. The van der Waals surface area contributed by atoms with Crippen molar-refractivity contribution in [3.8, 4) is 0 Å². The van der Waals surface area contributed by atoms with Crippen molar-refractivity contribution in [2.75, 3.05) is 0 Å². The number of esters is 1. The summed E-state index contributed by atoms with van der Waals surface area (Å²) in [5.41, 5.74) is 0.399. The van der Waals surface area contributed by atoms with Crippen molar-refractivity contribution in [1.82, 2.24) is 0 Å². The second-order valence-electron chi connectivity index (χ2n) is 6.43. The van der Waals surface area contributed by atoms with E-state index in [0.717, 1.165) is 12.0 Å². The number of benzene rings is 1. The third-order valence-corrected chi connectivity index (χ3v) is 5.08. The summed E-state index contributed by atoms with van der Waals surface area (Å²) in [6.07, 6.45) is 9.68. The molecule has 0 N–H and O–H groups in total. The summed E-state index contributed by atoms with van der Waals surface area (Å²) in [6.45, 7) is 0. The maximum absolute atomic E-state index is 12.3. The first-order chi connectivity index (χ1) is 10.7. The van der Waals surface area contributed by atoms with Gasteiger partial charge < -0.3 is 4.74 Å². The van der Waals surface area contributed by atoms with Crippen LogP contribution in [0.4, 0.5) is 0 Å². The van der Waals surface area contributed by atoms with Gasteiger partial charge in [0.25, 0.3) is 0 Å². The Labute approximate surface area is 129 Å². The first kappa shape index (κ1) is 13.5. The molecule has 22 heavy (non-hydrogen) atoms. The standard InChI is InChI=1S/C19H18O3/c20-17(9-6-13-4-2-1-3-5-13)22-19-11-10-14(12-19)15-7-8-16(19)18(15)21/h1-5,7-8,10-11,14-16H,6,9,12H2. The van der Waals surface area contributed by atoms with Crippen molar-refractivity contribution >= 4 is 11.8 Å². The summed E-state index contributed by atoms with van der Waals surface area (Å²) in [5, 5.41) is 0. The van der Waals surface area contributed by atoms with Crippen LogP contribution in [0, 0.1) is 17.8 Å². The van der Waals surface area contributed by atoms with Crippen molar-refractivity contribution < 1.29 is 14.3 Å². The Morgan fingerprint density at radius 2 is 2.00 bits per heavy atom. The molecule has 0 aliphatic heterocycles. The Bertz CT molecular complexity index is 673. The molecule has 0 spiro atoms. The van der Waals surface area contributed by atoms with Crippen molar-refractivity contribution in [1.29, 1.82) is 0 Å². The molecule has 1 aromatic rings. The molecule has 0 amide bonds. The molecule has 1 fully saturated rings. The number of Topliss-reactive ketones (excluding diaryl/α,β-unsaturated/α-hetero) is 1. The molecule has 4 rings (SSSR count). The van der Waals surface area contributed by atoms with E-state index < -0.39 is 5.60 Å². The number of aryl methyl sites for hydroxylation is 1. The van der Waals surface area contributed by atoms with Gasteiger partial charge in [-0.25, -0.2) is 0 Å². The fourth-order valence-corrected chi connectivity index (χ4v) is 3.95. The zero-order valence-electron chi connectivity index (χ0n) is 12.3. The summed E-state index contributed by atoms with van der Waals surface area (Å²) in [6, 6.07) is 9.90. The van der Waals surface area contributed by atoms with Gasteiger partial charge in [0.05, 0.1) is 5.92 Å². The molecule has 0 saturated heterocycles. The lowest BCUT2D eigenvalue weighted by molar-refractivity contribution is -0.163. The predicted octanol–water partition coefficient (Wildman–Crippen LogP) is 2.86. The fraction of sp³-hybridized carbons (Fsp3) is 0.368. The van der Waals surface area contributed by atoms with Gasteiger partial charge in [-0.3, -0.25) is 9.59 Å². The second kappa shape index (κ2) is 4.94. The molecule has 0 heterocycles. The molecule has 4 bridgehead atoms. The van der Waals surface area contributed by atoms with E-state index in [1.807, 2.05) is 48.6 Å². The fourth-order valence-electron chi connectivity index (χ4n) is 3.95. The molecule has 3 nitrogen and oxygen atoms in total. The second-order valence-corrected chi connectivity index (χ2v) is 6.43. The van der Waals surface area contributed by atoms with Gasteiger partial charge in [0.15, 0.2) is 5.78 Å². The minimum absolute atomic E-state index is 0.0000965. The Morgan fingerprint density at radius 3 is 2.82 bits per heavy atom. The smallest absolute Gasteiger partial charge is 0.307 e. The topological polar surface area (TPSA) is 43.4 Å². The van der Waals surface area contributed by atoms with Crippen molar-refractivity contribution in [2.45, 2.75) is 24.9 Å². The van der Waals surface area contributed by atoms with Gasteiger partial charge >= 0.3 is 5.97 Å². The van der Waals surface area contributed by atoms with Crippen LogP contribution in [0.25, 0.3) is 0 Å². The van der Waals surface area contributed by atoms with Crippen LogP contribution in [-0.4, -0.2) is 17.4 Å². The van der Waals surface area contributed by atoms with Crippen LogP contribution in [-0.2, 0) is 20.7 Å². The highest BCUT2D eigenvalue weighted by Gasteiger charge is 2.57. The summed E-state index contributed by atoms with van der Waals surface area (Å²) in [5.74, 6) is -0.102. The van der Waals surface area contributed by atoms with E-state index in [2.05, 4.69) is 6.08 Å².